The van der Waals surface area contributed by atoms with E-state index >= 15 is 0 Å². The van der Waals surface area contributed by atoms with E-state index in [4.69, 9.17) is 5.11 Å². The van der Waals surface area contributed by atoms with Crippen LogP contribution in [0.3, 0.4) is 0 Å². The van der Waals surface area contributed by atoms with Crippen molar-refractivity contribution in [2.75, 3.05) is 0 Å². The van der Waals surface area contributed by atoms with E-state index in [1.165, 1.54) is 0 Å². The Bertz CT molecular complexity index is 745. The van der Waals surface area contributed by atoms with E-state index in [0.717, 1.165) is 16.3 Å². The number of nitrogens with one attached hydrogen (secondary N) is 1. The van der Waals surface area contributed by atoms with E-state index in [9.17, 15) is 14.4 Å². The molecule has 0 aromatic carbocycles. The SMILES string of the molecule is Cc1cccnc1Cn1cc(C(=O)O)c(=O)[nH]c1=O. The summed E-state index contributed by atoms with van der Waals surface area (Å²) in [7, 11) is 0. The van der Waals surface area contributed by atoms with E-state index < -0.39 is 22.8 Å². The first-order valence-corrected chi connectivity index (χ1v) is 5.46. The molecule has 19 heavy (non-hydrogen) atoms. The molecule has 0 fully saturated rings. The Morgan fingerprint density at radius 1 is 1.47 bits per heavy atom. The summed E-state index contributed by atoms with van der Waals surface area (Å²) in [6, 6.07) is 3.59. The topological polar surface area (TPSA) is 105 Å². The maximum absolute atomic E-state index is 11.6. The Balaban J connectivity index is 2.49. The van der Waals surface area contributed by atoms with Gasteiger partial charge in [0.25, 0.3) is 5.56 Å². The van der Waals surface area contributed by atoms with Crippen LogP contribution in [0.25, 0.3) is 0 Å². The first-order chi connectivity index (χ1) is 8.99. The number of aromatic nitrogens is 3. The molecule has 2 rings (SSSR count). The number of aromatic carboxylic acids is 1. The van der Waals surface area contributed by atoms with Crippen molar-refractivity contribution in [2.45, 2.75) is 13.5 Å². The fourth-order valence-electron chi connectivity index (χ4n) is 1.62. The number of aryl methyl sites for hydroxylation is 1. The molecular formula is C12H11N3O4. The minimum Gasteiger partial charge on any atom is -0.477 e. The molecule has 2 N–H and O–H groups in total. The first kappa shape index (κ1) is 12.7. The van der Waals surface area contributed by atoms with Crippen LogP contribution >= 0.6 is 0 Å². The number of hydrogen-bond donors (Lipinski definition) is 2. The highest BCUT2D eigenvalue weighted by Gasteiger charge is 2.12. The van der Waals surface area contributed by atoms with E-state index in [2.05, 4.69) is 4.98 Å². The first-order valence-electron chi connectivity index (χ1n) is 5.46. The van der Waals surface area contributed by atoms with Gasteiger partial charge < -0.3 is 5.11 Å². The second kappa shape index (κ2) is 4.89. The fraction of sp³-hybridized carbons (Fsp3) is 0.167. The quantitative estimate of drug-likeness (QED) is 0.808. The summed E-state index contributed by atoms with van der Waals surface area (Å²) in [5, 5.41) is 8.85. The van der Waals surface area contributed by atoms with Gasteiger partial charge in [-0.2, -0.15) is 0 Å². The van der Waals surface area contributed by atoms with Crippen LogP contribution in [0.15, 0.2) is 34.1 Å². The Labute approximate surface area is 107 Å². The van der Waals surface area contributed by atoms with Crippen LogP contribution in [0.5, 0.6) is 0 Å². The van der Waals surface area contributed by atoms with Gasteiger partial charge in [-0.15, -0.1) is 0 Å². The predicted octanol–water partition coefficient (Wildman–Crippen LogP) is -0.0135. The Morgan fingerprint density at radius 2 is 2.21 bits per heavy atom. The lowest BCUT2D eigenvalue weighted by molar-refractivity contribution is 0.0693. The van der Waals surface area contributed by atoms with Crippen LogP contribution in [0, 0.1) is 6.92 Å². The zero-order chi connectivity index (χ0) is 14.0. The second-order valence-corrected chi connectivity index (χ2v) is 4.00. The molecule has 0 radical (unpaired) electrons. The zero-order valence-corrected chi connectivity index (χ0v) is 10.1. The number of pyridine rings is 1. The molecule has 0 bridgehead atoms. The van der Waals surface area contributed by atoms with E-state index in [1.807, 2.05) is 18.0 Å². The Hall–Kier alpha value is -2.70. The smallest absolute Gasteiger partial charge is 0.342 e. The number of carboxylic acids is 1. The van der Waals surface area contributed by atoms with Gasteiger partial charge in [-0.05, 0) is 18.6 Å². The van der Waals surface area contributed by atoms with E-state index in [1.54, 1.807) is 12.3 Å². The molecule has 0 aliphatic heterocycles. The number of nitrogens with zero attached hydrogens (tertiary/aromatic N) is 2. The molecule has 2 heterocycles. The van der Waals surface area contributed by atoms with Gasteiger partial charge in [0.05, 0.1) is 12.2 Å². The van der Waals surface area contributed by atoms with Crippen molar-refractivity contribution in [3.8, 4) is 0 Å². The number of aromatic amines is 1. The molecule has 0 spiro atoms. The summed E-state index contributed by atoms with van der Waals surface area (Å²) >= 11 is 0. The highest BCUT2D eigenvalue weighted by atomic mass is 16.4. The van der Waals surface area contributed by atoms with Crippen LogP contribution in [-0.4, -0.2) is 25.6 Å². The van der Waals surface area contributed by atoms with Gasteiger partial charge in [0, 0.05) is 12.4 Å². The minimum absolute atomic E-state index is 0.0998. The van der Waals surface area contributed by atoms with Crippen molar-refractivity contribution in [1.82, 2.24) is 14.5 Å². The molecule has 2 aromatic rings. The van der Waals surface area contributed by atoms with Gasteiger partial charge in [0.1, 0.15) is 5.56 Å². The number of H-pyrrole nitrogens is 1. The summed E-state index contributed by atoms with van der Waals surface area (Å²) in [6.07, 6.45) is 2.61. The number of rotatable bonds is 3. The third kappa shape index (κ3) is 2.59. The van der Waals surface area contributed by atoms with Crippen LogP contribution < -0.4 is 11.2 Å². The third-order valence-electron chi connectivity index (χ3n) is 2.68. The molecule has 0 aliphatic rings. The van der Waals surface area contributed by atoms with Crippen molar-refractivity contribution >= 4 is 5.97 Å². The highest BCUT2D eigenvalue weighted by Crippen LogP contribution is 2.04. The largest absolute Gasteiger partial charge is 0.477 e. The van der Waals surface area contributed by atoms with Gasteiger partial charge in [-0.1, -0.05) is 6.07 Å². The molecule has 98 valence electrons. The van der Waals surface area contributed by atoms with Crippen molar-refractivity contribution in [3.05, 3.63) is 62.2 Å². The molecule has 7 nitrogen and oxygen atoms in total. The molecule has 0 aliphatic carbocycles. The van der Waals surface area contributed by atoms with Gasteiger partial charge in [0.2, 0.25) is 0 Å². The van der Waals surface area contributed by atoms with Crippen molar-refractivity contribution in [1.29, 1.82) is 0 Å². The molecule has 0 atom stereocenters. The molecule has 2 aromatic heterocycles. The molecule has 0 saturated heterocycles. The molecule has 7 heteroatoms. The minimum atomic E-state index is -1.38. The average Bonchev–Trinajstić information content (AvgIpc) is 2.34. The van der Waals surface area contributed by atoms with E-state index in [0.29, 0.717) is 5.69 Å². The van der Waals surface area contributed by atoms with Crippen LogP contribution in [0.4, 0.5) is 0 Å². The lowest BCUT2D eigenvalue weighted by atomic mass is 10.2. The highest BCUT2D eigenvalue weighted by molar-refractivity contribution is 5.86. The second-order valence-electron chi connectivity index (χ2n) is 4.00. The summed E-state index contributed by atoms with van der Waals surface area (Å²) in [4.78, 5) is 39.8. The predicted molar refractivity (Wildman–Crippen MR) is 66.4 cm³/mol. The van der Waals surface area contributed by atoms with Crippen molar-refractivity contribution in [3.63, 3.8) is 0 Å². The zero-order valence-electron chi connectivity index (χ0n) is 10.1. The van der Waals surface area contributed by atoms with Crippen LogP contribution in [0.1, 0.15) is 21.6 Å². The molecule has 0 amide bonds. The number of carbonyl (C=O) groups is 1. The summed E-state index contributed by atoms with van der Waals surface area (Å²) in [5.74, 6) is -1.38. The van der Waals surface area contributed by atoms with Crippen molar-refractivity contribution < 1.29 is 9.90 Å². The Kier molecular flexibility index (Phi) is 3.28. The summed E-state index contributed by atoms with van der Waals surface area (Å²) < 4.78 is 1.11. The number of carboxylic acid groups (broad SMARTS) is 1. The third-order valence-corrected chi connectivity index (χ3v) is 2.68. The van der Waals surface area contributed by atoms with Gasteiger partial charge >= 0.3 is 11.7 Å². The normalized spacial score (nSPS) is 10.4. The maximum Gasteiger partial charge on any atom is 0.342 e. The lowest BCUT2D eigenvalue weighted by Gasteiger charge is -2.07. The summed E-state index contributed by atoms with van der Waals surface area (Å²) in [6.45, 7) is 1.93. The monoisotopic (exact) mass is 261 g/mol. The van der Waals surface area contributed by atoms with Crippen LogP contribution in [-0.2, 0) is 6.54 Å². The van der Waals surface area contributed by atoms with Crippen molar-refractivity contribution in [2.24, 2.45) is 0 Å². The van der Waals surface area contributed by atoms with Gasteiger partial charge in [-0.3, -0.25) is 19.3 Å². The van der Waals surface area contributed by atoms with Gasteiger partial charge in [0.15, 0.2) is 0 Å². The summed E-state index contributed by atoms with van der Waals surface area (Å²) in [5.41, 5.74) is -0.551. The average molecular weight is 261 g/mol. The molecule has 0 unspecified atom stereocenters. The molecule has 0 saturated carbocycles. The maximum atomic E-state index is 11.6. The lowest BCUT2D eigenvalue weighted by Crippen LogP contribution is -2.33. The molecular weight excluding hydrogens is 250 g/mol. The fourth-order valence-corrected chi connectivity index (χ4v) is 1.62. The standard InChI is InChI=1S/C12H11N3O4/c1-7-3-2-4-13-9(7)6-15-5-8(11(17)18)10(16)14-12(15)19/h2-5H,6H2,1H3,(H,17,18)(H,14,16,19). The Morgan fingerprint density at radius 3 is 2.84 bits per heavy atom. The van der Waals surface area contributed by atoms with Gasteiger partial charge in [-0.25, -0.2) is 9.59 Å². The van der Waals surface area contributed by atoms with E-state index in [-0.39, 0.29) is 6.54 Å². The number of hydrogen-bond acceptors (Lipinski definition) is 4. The van der Waals surface area contributed by atoms with Crippen LogP contribution in [0.2, 0.25) is 0 Å².